The van der Waals surface area contributed by atoms with Crippen molar-refractivity contribution in [3.05, 3.63) is 131 Å². The monoisotopic (exact) mass is 540 g/mol. The number of carbonyl (C=O) groups is 1. The number of para-hydroxylation sites is 2. The molecule has 2 aromatic heterocycles. The molecule has 1 saturated heterocycles. The number of aromatic nitrogens is 2. The van der Waals surface area contributed by atoms with Crippen molar-refractivity contribution in [3.63, 3.8) is 0 Å². The maximum absolute atomic E-state index is 13.4. The number of hydrogen-bond acceptors (Lipinski definition) is 5. The van der Waals surface area contributed by atoms with Gasteiger partial charge in [0, 0.05) is 17.1 Å². The number of carbonyl (C=O) groups excluding carboxylic acids is 1. The van der Waals surface area contributed by atoms with Gasteiger partial charge in [0.1, 0.15) is 17.0 Å². The highest BCUT2D eigenvalue weighted by Gasteiger charge is 2.32. The van der Waals surface area contributed by atoms with Gasteiger partial charge in [0.15, 0.2) is 5.11 Å². The molecule has 0 aliphatic carbocycles. The Bertz CT molecular complexity index is 2050. The van der Waals surface area contributed by atoms with Crippen LogP contribution in [0.4, 0.5) is 5.69 Å². The van der Waals surface area contributed by atoms with Gasteiger partial charge in [0.25, 0.3) is 5.91 Å². The topological polar surface area (TPSA) is 80.4 Å². The molecule has 1 fully saturated rings. The average Bonchev–Trinajstić information content (AvgIpc) is 3.53. The molecule has 1 aliphatic heterocycles. The van der Waals surface area contributed by atoms with Crippen LogP contribution in [0.15, 0.2) is 124 Å². The molecule has 0 spiro atoms. The molecule has 1 N–H and O–H groups in total. The zero-order valence-corrected chi connectivity index (χ0v) is 21.8. The lowest BCUT2D eigenvalue weighted by Crippen LogP contribution is -2.30. The maximum Gasteiger partial charge on any atom is 0.345 e. The van der Waals surface area contributed by atoms with Gasteiger partial charge in [-0.15, -0.1) is 0 Å². The summed E-state index contributed by atoms with van der Waals surface area (Å²) < 4.78 is 7.45. The molecule has 3 heterocycles. The first-order valence-electron chi connectivity index (χ1n) is 12.6. The first kappa shape index (κ1) is 23.8. The zero-order valence-electron chi connectivity index (χ0n) is 20.9. The normalized spacial score (nSPS) is 14.4. The van der Waals surface area contributed by atoms with Crippen LogP contribution in [0, 0.1) is 0 Å². The third kappa shape index (κ3) is 3.98. The van der Waals surface area contributed by atoms with Crippen molar-refractivity contribution in [2.45, 2.75) is 0 Å². The van der Waals surface area contributed by atoms with Crippen LogP contribution < -0.4 is 15.8 Å². The second-order valence-electron chi connectivity index (χ2n) is 9.32. The van der Waals surface area contributed by atoms with Gasteiger partial charge in [-0.3, -0.25) is 9.69 Å². The Hall–Kier alpha value is -5.34. The minimum absolute atomic E-state index is 0.274. The molecule has 0 atom stereocenters. The molecule has 4 aromatic carbocycles. The van der Waals surface area contributed by atoms with Crippen LogP contribution in [-0.4, -0.2) is 20.8 Å². The number of hydrogen-bond donors (Lipinski definition) is 1. The summed E-state index contributed by atoms with van der Waals surface area (Å²) in [5.41, 5.74) is 2.95. The first-order valence-corrected chi connectivity index (χ1v) is 13.0. The summed E-state index contributed by atoms with van der Waals surface area (Å²) in [5, 5.41) is 10.9. The largest absolute Gasteiger partial charge is 0.422 e. The summed E-state index contributed by atoms with van der Waals surface area (Å²) in [4.78, 5) is 28.2. The Morgan fingerprint density at radius 2 is 1.50 bits per heavy atom. The molecule has 0 bridgehead atoms. The lowest BCUT2D eigenvalue weighted by molar-refractivity contribution is -0.113. The van der Waals surface area contributed by atoms with Crippen molar-refractivity contribution in [3.8, 4) is 16.9 Å². The minimum atomic E-state index is -0.520. The highest BCUT2D eigenvalue weighted by molar-refractivity contribution is 7.80. The van der Waals surface area contributed by atoms with Gasteiger partial charge in [-0.05, 0) is 65.5 Å². The number of thiocarbonyl (C=S) groups is 1. The fourth-order valence-electron chi connectivity index (χ4n) is 4.95. The molecule has 1 amide bonds. The van der Waals surface area contributed by atoms with E-state index in [1.807, 2.05) is 97.1 Å². The third-order valence-corrected chi connectivity index (χ3v) is 7.14. The van der Waals surface area contributed by atoms with Crippen LogP contribution in [-0.2, 0) is 4.79 Å². The second-order valence-corrected chi connectivity index (χ2v) is 9.71. The van der Waals surface area contributed by atoms with Crippen LogP contribution in [0.3, 0.4) is 0 Å². The third-order valence-electron chi connectivity index (χ3n) is 6.85. The molecule has 7 nitrogen and oxygen atoms in total. The summed E-state index contributed by atoms with van der Waals surface area (Å²) in [6, 6.07) is 32.2. The number of amides is 1. The molecule has 7 rings (SSSR count). The summed E-state index contributed by atoms with van der Waals surface area (Å²) in [6.45, 7) is 0. The quantitative estimate of drug-likeness (QED) is 0.127. The van der Waals surface area contributed by atoms with Gasteiger partial charge in [0.05, 0.1) is 16.9 Å². The standard InChI is InChI=1S/C32H20N4O3S/c37-30-27(33-32(40)36(30)23-12-5-2-6-13-23)17-21-19-35(22-10-3-1-4-11-22)34-29(21)26-18-25-24-14-8-7-9-20(24)15-16-28(25)39-31(26)38/h1-19H,(H,33,40). The number of anilines is 1. The predicted octanol–water partition coefficient (Wildman–Crippen LogP) is 6.06. The van der Waals surface area contributed by atoms with Crippen LogP contribution >= 0.6 is 12.2 Å². The average molecular weight is 541 g/mol. The molecule has 0 unspecified atom stereocenters. The minimum Gasteiger partial charge on any atom is -0.422 e. The fraction of sp³-hybridized carbons (Fsp3) is 0. The molecule has 192 valence electrons. The number of fused-ring (bicyclic) bond motifs is 3. The van der Waals surface area contributed by atoms with Crippen molar-refractivity contribution in [1.82, 2.24) is 15.1 Å². The van der Waals surface area contributed by atoms with Crippen LogP contribution in [0.1, 0.15) is 5.56 Å². The van der Waals surface area contributed by atoms with E-state index < -0.39 is 5.63 Å². The molecule has 40 heavy (non-hydrogen) atoms. The summed E-state index contributed by atoms with van der Waals surface area (Å²) in [6.07, 6.45) is 3.46. The molecule has 8 heteroatoms. The van der Waals surface area contributed by atoms with Gasteiger partial charge in [-0.2, -0.15) is 5.10 Å². The molecule has 1 aliphatic rings. The number of nitrogens with one attached hydrogen (secondary N) is 1. The van der Waals surface area contributed by atoms with Gasteiger partial charge < -0.3 is 9.73 Å². The molecule has 6 aromatic rings. The Kier molecular flexibility index (Phi) is 5.61. The molecular formula is C32H20N4O3S. The van der Waals surface area contributed by atoms with E-state index in [0.29, 0.717) is 28.1 Å². The van der Waals surface area contributed by atoms with E-state index in [2.05, 4.69) is 5.32 Å². The van der Waals surface area contributed by atoms with Crippen molar-refractivity contribution in [2.24, 2.45) is 0 Å². The second kappa shape index (κ2) is 9.44. The predicted molar refractivity (Wildman–Crippen MR) is 160 cm³/mol. The van der Waals surface area contributed by atoms with E-state index in [9.17, 15) is 9.59 Å². The van der Waals surface area contributed by atoms with Crippen LogP contribution in [0.2, 0.25) is 0 Å². The SMILES string of the molecule is O=C1C(=Cc2cn(-c3ccccc3)nc2-c2cc3c(ccc4ccccc43)oc2=O)NC(=S)N1c1ccccc1. The van der Waals surface area contributed by atoms with E-state index >= 15 is 0 Å². The van der Waals surface area contributed by atoms with Crippen molar-refractivity contribution in [2.75, 3.05) is 4.90 Å². The number of nitrogens with zero attached hydrogens (tertiary/aromatic N) is 3. The van der Waals surface area contributed by atoms with E-state index in [1.165, 1.54) is 4.90 Å². The van der Waals surface area contributed by atoms with Gasteiger partial charge in [0.2, 0.25) is 0 Å². The van der Waals surface area contributed by atoms with E-state index in [4.69, 9.17) is 21.7 Å². The van der Waals surface area contributed by atoms with Crippen LogP contribution in [0.25, 0.3) is 44.8 Å². The highest BCUT2D eigenvalue weighted by Crippen LogP contribution is 2.31. The van der Waals surface area contributed by atoms with Crippen molar-refractivity contribution < 1.29 is 9.21 Å². The van der Waals surface area contributed by atoms with E-state index in [1.54, 1.807) is 23.0 Å². The zero-order chi connectivity index (χ0) is 27.2. The summed E-state index contributed by atoms with van der Waals surface area (Å²) in [7, 11) is 0. The Balaban J connectivity index is 1.41. The number of benzene rings is 4. The molecule has 0 radical (unpaired) electrons. The lowest BCUT2D eigenvalue weighted by Gasteiger charge is -2.13. The van der Waals surface area contributed by atoms with E-state index in [0.717, 1.165) is 21.8 Å². The first-order chi connectivity index (χ1) is 19.6. The fourth-order valence-corrected chi connectivity index (χ4v) is 5.25. The maximum atomic E-state index is 13.4. The highest BCUT2D eigenvalue weighted by atomic mass is 32.1. The lowest BCUT2D eigenvalue weighted by atomic mass is 10.0. The number of rotatable bonds is 4. The van der Waals surface area contributed by atoms with Crippen molar-refractivity contribution >= 4 is 56.7 Å². The van der Waals surface area contributed by atoms with E-state index in [-0.39, 0.29) is 16.7 Å². The van der Waals surface area contributed by atoms with Gasteiger partial charge in [-0.25, -0.2) is 9.48 Å². The Morgan fingerprint density at radius 1 is 0.800 bits per heavy atom. The van der Waals surface area contributed by atoms with Crippen LogP contribution in [0.5, 0.6) is 0 Å². The Labute approximate surface area is 233 Å². The summed E-state index contributed by atoms with van der Waals surface area (Å²) >= 11 is 5.49. The van der Waals surface area contributed by atoms with Crippen molar-refractivity contribution in [1.29, 1.82) is 0 Å². The molecule has 0 saturated carbocycles. The molecular weight excluding hydrogens is 520 g/mol. The summed E-state index contributed by atoms with van der Waals surface area (Å²) in [5.74, 6) is -0.300. The van der Waals surface area contributed by atoms with Gasteiger partial charge in [-0.1, -0.05) is 66.7 Å². The van der Waals surface area contributed by atoms with Gasteiger partial charge >= 0.3 is 5.63 Å². The Morgan fingerprint density at radius 3 is 2.27 bits per heavy atom. The smallest absolute Gasteiger partial charge is 0.345 e.